The summed E-state index contributed by atoms with van der Waals surface area (Å²) in [4.78, 5) is 13.9. The SMILES string of the molecule is CC1Cc2cc(Br)cc(F)c2CN1C(=O)OCc1ccccc1. The zero-order chi connectivity index (χ0) is 16.4. The number of halogens is 2. The number of ether oxygens (including phenoxy) is 1. The third-order valence-corrected chi connectivity index (χ3v) is 4.53. The topological polar surface area (TPSA) is 29.5 Å². The van der Waals surface area contributed by atoms with Gasteiger partial charge in [-0.2, -0.15) is 0 Å². The van der Waals surface area contributed by atoms with Crippen molar-refractivity contribution in [2.75, 3.05) is 0 Å². The summed E-state index contributed by atoms with van der Waals surface area (Å²) in [5.41, 5.74) is 2.44. The Labute approximate surface area is 143 Å². The molecule has 0 bridgehead atoms. The Morgan fingerprint density at radius 3 is 2.83 bits per heavy atom. The number of carbonyl (C=O) groups excluding carboxylic acids is 1. The summed E-state index contributed by atoms with van der Waals surface area (Å²) in [6.07, 6.45) is 0.209. The normalized spacial score (nSPS) is 16.8. The summed E-state index contributed by atoms with van der Waals surface area (Å²) in [5, 5.41) is 0. The Morgan fingerprint density at radius 1 is 1.35 bits per heavy atom. The number of carbonyl (C=O) groups is 1. The van der Waals surface area contributed by atoms with Crippen LogP contribution >= 0.6 is 15.9 Å². The van der Waals surface area contributed by atoms with Gasteiger partial charge in [0.1, 0.15) is 12.4 Å². The monoisotopic (exact) mass is 377 g/mol. The van der Waals surface area contributed by atoms with Gasteiger partial charge in [0, 0.05) is 16.1 Å². The fraction of sp³-hybridized carbons (Fsp3) is 0.278. The van der Waals surface area contributed by atoms with Crippen LogP contribution in [0.3, 0.4) is 0 Å². The highest BCUT2D eigenvalue weighted by molar-refractivity contribution is 9.10. The van der Waals surface area contributed by atoms with Crippen LogP contribution < -0.4 is 0 Å². The molecule has 23 heavy (non-hydrogen) atoms. The lowest BCUT2D eigenvalue weighted by Gasteiger charge is -2.34. The second kappa shape index (κ2) is 6.71. The van der Waals surface area contributed by atoms with Gasteiger partial charge in [0.05, 0.1) is 6.54 Å². The minimum absolute atomic E-state index is 0.0283. The zero-order valence-corrected chi connectivity index (χ0v) is 14.3. The van der Waals surface area contributed by atoms with Crippen LogP contribution in [-0.2, 0) is 24.3 Å². The quantitative estimate of drug-likeness (QED) is 0.760. The zero-order valence-electron chi connectivity index (χ0n) is 12.8. The van der Waals surface area contributed by atoms with Crippen LogP contribution in [0, 0.1) is 5.82 Å². The molecule has 1 aliphatic heterocycles. The Bertz CT molecular complexity index is 720. The van der Waals surface area contributed by atoms with E-state index >= 15 is 0 Å². The average molecular weight is 378 g/mol. The van der Waals surface area contributed by atoms with Crippen molar-refractivity contribution in [3.63, 3.8) is 0 Å². The molecule has 0 saturated carbocycles. The smallest absolute Gasteiger partial charge is 0.410 e. The number of nitrogens with zero attached hydrogens (tertiary/aromatic N) is 1. The first-order chi connectivity index (χ1) is 11.0. The summed E-state index contributed by atoms with van der Waals surface area (Å²) >= 11 is 3.31. The minimum atomic E-state index is -0.408. The van der Waals surface area contributed by atoms with Gasteiger partial charge >= 0.3 is 6.09 Å². The summed E-state index contributed by atoms with van der Waals surface area (Å²) in [6.45, 7) is 2.41. The van der Waals surface area contributed by atoms with Crippen molar-refractivity contribution in [3.8, 4) is 0 Å². The van der Waals surface area contributed by atoms with Gasteiger partial charge in [-0.1, -0.05) is 46.3 Å². The summed E-state index contributed by atoms with van der Waals surface area (Å²) in [5.74, 6) is -0.290. The molecule has 1 amide bonds. The molecule has 1 aliphatic rings. The summed E-state index contributed by atoms with van der Waals surface area (Å²) in [7, 11) is 0. The molecule has 120 valence electrons. The van der Waals surface area contributed by atoms with Crippen LogP contribution in [0.15, 0.2) is 46.9 Å². The molecule has 0 N–H and O–H groups in total. The molecule has 2 aromatic carbocycles. The minimum Gasteiger partial charge on any atom is -0.445 e. The van der Waals surface area contributed by atoms with E-state index < -0.39 is 6.09 Å². The Morgan fingerprint density at radius 2 is 2.09 bits per heavy atom. The molecule has 1 atom stereocenters. The maximum Gasteiger partial charge on any atom is 0.410 e. The van der Waals surface area contributed by atoms with Gasteiger partial charge < -0.3 is 9.64 Å². The highest BCUT2D eigenvalue weighted by Gasteiger charge is 2.29. The summed E-state index contributed by atoms with van der Waals surface area (Å²) in [6, 6.07) is 12.8. The molecule has 0 aliphatic carbocycles. The summed E-state index contributed by atoms with van der Waals surface area (Å²) < 4.78 is 20.2. The first-order valence-electron chi connectivity index (χ1n) is 7.48. The second-order valence-corrected chi connectivity index (χ2v) is 6.66. The third kappa shape index (κ3) is 3.55. The molecule has 0 aromatic heterocycles. The number of hydrogen-bond acceptors (Lipinski definition) is 2. The van der Waals surface area contributed by atoms with Gasteiger partial charge in [-0.05, 0) is 36.6 Å². The molecular weight excluding hydrogens is 361 g/mol. The Hall–Kier alpha value is -1.88. The van der Waals surface area contributed by atoms with Crippen LogP contribution in [0.25, 0.3) is 0 Å². The highest BCUT2D eigenvalue weighted by Crippen LogP contribution is 2.29. The van der Waals surface area contributed by atoms with Crippen molar-refractivity contribution in [1.82, 2.24) is 4.90 Å². The standard InChI is InChI=1S/C18H17BrFNO2/c1-12-7-14-8-15(19)9-17(20)16(14)10-21(12)18(22)23-11-13-5-3-2-4-6-13/h2-6,8-9,12H,7,10-11H2,1H3. The largest absolute Gasteiger partial charge is 0.445 e. The predicted molar refractivity (Wildman–Crippen MR) is 89.4 cm³/mol. The van der Waals surface area contributed by atoms with Gasteiger partial charge in [-0.3, -0.25) is 0 Å². The molecule has 1 unspecified atom stereocenters. The van der Waals surface area contributed by atoms with E-state index in [1.54, 1.807) is 4.90 Å². The van der Waals surface area contributed by atoms with E-state index in [-0.39, 0.29) is 25.0 Å². The van der Waals surface area contributed by atoms with Crippen molar-refractivity contribution < 1.29 is 13.9 Å². The van der Waals surface area contributed by atoms with Crippen LogP contribution in [-0.4, -0.2) is 17.0 Å². The van der Waals surface area contributed by atoms with Crippen LogP contribution in [0.5, 0.6) is 0 Å². The van der Waals surface area contributed by atoms with Gasteiger partial charge in [-0.15, -0.1) is 0 Å². The van der Waals surface area contributed by atoms with E-state index in [9.17, 15) is 9.18 Å². The van der Waals surface area contributed by atoms with E-state index in [1.807, 2.05) is 43.3 Å². The molecule has 1 heterocycles. The van der Waals surface area contributed by atoms with E-state index in [1.165, 1.54) is 6.07 Å². The Balaban J connectivity index is 1.72. The Kier molecular flexibility index (Phi) is 4.66. The lowest BCUT2D eigenvalue weighted by atomic mass is 9.95. The van der Waals surface area contributed by atoms with Crippen LogP contribution in [0.2, 0.25) is 0 Å². The molecule has 2 aromatic rings. The predicted octanol–water partition coefficient (Wildman–Crippen LogP) is 4.67. The number of amides is 1. The first-order valence-corrected chi connectivity index (χ1v) is 8.28. The van der Waals surface area contributed by atoms with Crippen molar-refractivity contribution in [1.29, 1.82) is 0 Å². The van der Waals surface area contributed by atoms with E-state index in [2.05, 4.69) is 15.9 Å². The molecule has 3 nitrogen and oxygen atoms in total. The molecule has 0 saturated heterocycles. The van der Waals surface area contributed by atoms with Crippen molar-refractivity contribution in [3.05, 3.63) is 69.4 Å². The van der Waals surface area contributed by atoms with Gasteiger partial charge in [0.2, 0.25) is 0 Å². The molecule has 0 radical (unpaired) electrons. The molecule has 0 spiro atoms. The van der Waals surface area contributed by atoms with Crippen molar-refractivity contribution in [2.45, 2.75) is 32.5 Å². The average Bonchev–Trinajstić information content (AvgIpc) is 2.53. The molecular formula is C18H17BrFNO2. The van der Waals surface area contributed by atoms with Crippen LogP contribution in [0.4, 0.5) is 9.18 Å². The van der Waals surface area contributed by atoms with Gasteiger partial charge in [-0.25, -0.2) is 9.18 Å². The number of benzene rings is 2. The van der Waals surface area contributed by atoms with E-state index in [4.69, 9.17) is 4.74 Å². The number of hydrogen-bond donors (Lipinski definition) is 0. The fourth-order valence-corrected chi connectivity index (χ4v) is 3.29. The first kappa shape index (κ1) is 16.0. The lowest BCUT2D eigenvalue weighted by Crippen LogP contribution is -2.43. The number of rotatable bonds is 2. The van der Waals surface area contributed by atoms with E-state index in [0.29, 0.717) is 12.0 Å². The maximum atomic E-state index is 14.1. The fourth-order valence-electron chi connectivity index (χ4n) is 2.82. The van der Waals surface area contributed by atoms with Gasteiger partial charge in [0.25, 0.3) is 0 Å². The van der Waals surface area contributed by atoms with E-state index in [0.717, 1.165) is 15.6 Å². The second-order valence-electron chi connectivity index (χ2n) is 5.75. The van der Waals surface area contributed by atoms with Crippen molar-refractivity contribution in [2.24, 2.45) is 0 Å². The van der Waals surface area contributed by atoms with Crippen LogP contribution in [0.1, 0.15) is 23.6 Å². The number of fused-ring (bicyclic) bond motifs is 1. The molecule has 0 fully saturated rings. The highest BCUT2D eigenvalue weighted by atomic mass is 79.9. The lowest BCUT2D eigenvalue weighted by molar-refractivity contribution is 0.0760. The van der Waals surface area contributed by atoms with Crippen molar-refractivity contribution >= 4 is 22.0 Å². The third-order valence-electron chi connectivity index (χ3n) is 4.07. The molecule has 5 heteroatoms. The molecule has 3 rings (SSSR count). The van der Waals surface area contributed by atoms with Gasteiger partial charge in [0.15, 0.2) is 0 Å². The maximum absolute atomic E-state index is 14.1.